The summed E-state index contributed by atoms with van der Waals surface area (Å²) in [6.45, 7) is 0. The lowest BCUT2D eigenvalue weighted by atomic mass is 10.1. The fourth-order valence-corrected chi connectivity index (χ4v) is 1.44. The molecule has 0 N–H and O–H groups in total. The Morgan fingerprint density at radius 3 is 2.73 bits per heavy atom. The van der Waals surface area contributed by atoms with Crippen molar-refractivity contribution in [3.05, 3.63) is 42.6 Å². The van der Waals surface area contributed by atoms with Crippen LogP contribution in [0.5, 0.6) is 0 Å². The molecule has 3 rings (SSSR count). The van der Waals surface area contributed by atoms with Crippen LogP contribution in [0.4, 0.5) is 0 Å². The molecule has 0 saturated heterocycles. The summed E-state index contributed by atoms with van der Waals surface area (Å²) in [5.41, 5.74) is 2.77. The molecule has 0 amide bonds. The van der Waals surface area contributed by atoms with Crippen molar-refractivity contribution in [2.45, 2.75) is 0 Å². The molecule has 15 heavy (non-hydrogen) atoms. The average Bonchev–Trinajstić information content (AvgIpc) is 2.77. The smallest absolute Gasteiger partial charge is 0.155 e. The van der Waals surface area contributed by atoms with Crippen LogP contribution in [-0.4, -0.2) is 25.3 Å². The Balaban J connectivity index is 2.19. The number of hydrogen-bond acceptors (Lipinski definition) is 4. The van der Waals surface area contributed by atoms with Gasteiger partial charge in [0.2, 0.25) is 5.65 Å². The quantitative estimate of drug-likeness (QED) is 0.588. The van der Waals surface area contributed by atoms with E-state index in [1.165, 1.54) is 4.63 Å². The summed E-state index contributed by atoms with van der Waals surface area (Å²) >= 11 is 0. The van der Waals surface area contributed by atoms with E-state index in [1.54, 1.807) is 6.20 Å². The minimum atomic E-state index is 0.649. The fraction of sp³-hybridized carbons (Fsp3) is 0. The summed E-state index contributed by atoms with van der Waals surface area (Å²) in [7, 11) is 0. The van der Waals surface area contributed by atoms with Crippen LogP contribution in [0.25, 0.3) is 16.8 Å². The van der Waals surface area contributed by atoms with Crippen LogP contribution in [0.2, 0.25) is 0 Å². The molecule has 1 aromatic carbocycles. The molecule has 0 atom stereocenters. The van der Waals surface area contributed by atoms with E-state index < -0.39 is 0 Å². The lowest BCUT2D eigenvalue weighted by Crippen LogP contribution is -1.93. The summed E-state index contributed by atoms with van der Waals surface area (Å²) in [5, 5.41) is 15.2. The highest BCUT2D eigenvalue weighted by molar-refractivity contribution is 5.65. The molecule has 0 radical (unpaired) electrons. The molecule has 0 aliphatic heterocycles. The van der Waals surface area contributed by atoms with Gasteiger partial charge in [0, 0.05) is 5.56 Å². The predicted molar refractivity (Wildman–Crippen MR) is 54.0 cm³/mol. The summed E-state index contributed by atoms with van der Waals surface area (Å²) < 4.78 is 1.40. The highest BCUT2D eigenvalue weighted by Gasteiger charge is 2.01. The van der Waals surface area contributed by atoms with Gasteiger partial charge in [-0.3, -0.25) is 0 Å². The van der Waals surface area contributed by atoms with Gasteiger partial charge in [-0.15, -0.1) is 9.73 Å². The number of fused-ring (bicyclic) bond motifs is 1. The Morgan fingerprint density at radius 1 is 1.00 bits per heavy atom. The van der Waals surface area contributed by atoms with Gasteiger partial charge >= 0.3 is 0 Å². The van der Waals surface area contributed by atoms with Gasteiger partial charge in [-0.05, 0) is 22.1 Å². The predicted octanol–water partition coefficient (Wildman–Crippen LogP) is 1.19. The van der Waals surface area contributed by atoms with Gasteiger partial charge in [-0.25, -0.2) is 0 Å². The molecule has 0 bridgehead atoms. The minimum absolute atomic E-state index is 0.649. The molecular formula is C10H7N5. The lowest BCUT2D eigenvalue weighted by Gasteiger charge is -1.99. The monoisotopic (exact) mass is 197 g/mol. The van der Waals surface area contributed by atoms with Crippen LogP contribution in [0.1, 0.15) is 0 Å². The number of aromatic nitrogens is 5. The third-order valence-corrected chi connectivity index (χ3v) is 2.17. The summed E-state index contributed by atoms with van der Waals surface area (Å²) in [6.07, 6.45) is 1.75. The molecule has 2 heterocycles. The van der Waals surface area contributed by atoms with Gasteiger partial charge in [0.15, 0.2) is 0 Å². The van der Waals surface area contributed by atoms with Crippen LogP contribution in [0.3, 0.4) is 0 Å². The third kappa shape index (κ3) is 1.34. The van der Waals surface area contributed by atoms with Gasteiger partial charge < -0.3 is 0 Å². The van der Waals surface area contributed by atoms with Gasteiger partial charge in [0.1, 0.15) is 0 Å². The molecule has 5 nitrogen and oxygen atoms in total. The van der Waals surface area contributed by atoms with Gasteiger partial charge in [-0.2, -0.15) is 5.10 Å². The second kappa shape index (κ2) is 3.13. The standard InChI is InChI=1S/C10H7N5/c1-2-4-8(5-3-1)9-6-10-12-13-14-15(10)11-7-9/h1-7H. The van der Waals surface area contributed by atoms with Crippen LogP contribution < -0.4 is 0 Å². The number of benzene rings is 1. The van der Waals surface area contributed by atoms with Gasteiger partial charge in [0.05, 0.1) is 6.20 Å². The van der Waals surface area contributed by atoms with Crippen LogP contribution in [0.15, 0.2) is 42.6 Å². The van der Waals surface area contributed by atoms with E-state index >= 15 is 0 Å². The molecule has 0 aliphatic carbocycles. The molecule has 0 aliphatic rings. The second-order valence-electron chi connectivity index (χ2n) is 3.14. The maximum Gasteiger partial charge on any atom is 0.200 e. The highest BCUT2D eigenvalue weighted by atomic mass is 15.6. The zero-order chi connectivity index (χ0) is 10.1. The number of tetrazole rings is 1. The SMILES string of the molecule is c1ccc(-c2cnn3nnnc3c2)cc1. The van der Waals surface area contributed by atoms with Crippen molar-refractivity contribution in [2.75, 3.05) is 0 Å². The van der Waals surface area contributed by atoms with E-state index in [0.29, 0.717) is 5.65 Å². The van der Waals surface area contributed by atoms with Crippen molar-refractivity contribution in [1.82, 2.24) is 25.3 Å². The summed E-state index contributed by atoms with van der Waals surface area (Å²) in [6, 6.07) is 11.9. The maximum atomic E-state index is 4.10. The zero-order valence-corrected chi connectivity index (χ0v) is 7.78. The molecule has 5 heteroatoms. The average molecular weight is 197 g/mol. The van der Waals surface area contributed by atoms with Crippen molar-refractivity contribution >= 4 is 5.65 Å². The maximum absolute atomic E-state index is 4.10. The summed E-state index contributed by atoms with van der Waals surface area (Å²) in [5.74, 6) is 0. The van der Waals surface area contributed by atoms with E-state index in [0.717, 1.165) is 11.1 Å². The molecule has 0 spiro atoms. The first-order chi connectivity index (χ1) is 7.43. The molecule has 72 valence electrons. The Bertz CT molecular complexity index is 587. The Hall–Kier alpha value is -2.30. The lowest BCUT2D eigenvalue weighted by molar-refractivity contribution is 0.733. The fourth-order valence-electron chi connectivity index (χ4n) is 1.44. The normalized spacial score (nSPS) is 10.7. The van der Waals surface area contributed by atoms with Crippen molar-refractivity contribution in [3.8, 4) is 11.1 Å². The molecule has 0 fully saturated rings. The molecular weight excluding hydrogens is 190 g/mol. The number of rotatable bonds is 1. The van der Waals surface area contributed by atoms with E-state index in [1.807, 2.05) is 36.4 Å². The zero-order valence-electron chi connectivity index (χ0n) is 7.78. The van der Waals surface area contributed by atoms with Crippen molar-refractivity contribution in [1.29, 1.82) is 0 Å². The van der Waals surface area contributed by atoms with E-state index in [-0.39, 0.29) is 0 Å². The van der Waals surface area contributed by atoms with Crippen LogP contribution in [0, 0.1) is 0 Å². The van der Waals surface area contributed by atoms with Gasteiger partial charge in [0.25, 0.3) is 0 Å². The van der Waals surface area contributed by atoms with Crippen molar-refractivity contribution < 1.29 is 0 Å². The highest BCUT2D eigenvalue weighted by Crippen LogP contribution is 2.17. The first-order valence-corrected chi connectivity index (χ1v) is 4.53. The first kappa shape index (κ1) is 8.05. The number of hydrogen-bond donors (Lipinski definition) is 0. The van der Waals surface area contributed by atoms with E-state index in [9.17, 15) is 0 Å². The molecule has 2 aromatic heterocycles. The number of nitrogens with zero attached hydrogens (tertiary/aromatic N) is 5. The van der Waals surface area contributed by atoms with E-state index in [2.05, 4.69) is 20.6 Å². The Morgan fingerprint density at radius 2 is 1.87 bits per heavy atom. The van der Waals surface area contributed by atoms with Crippen molar-refractivity contribution in [2.24, 2.45) is 0 Å². The first-order valence-electron chi connectivity index (χ1n) is 4.53. The third-order valence-electron chi connectivity index (χ3n) is 2.17. The van der Waals surface area contributed by atoms with Crippen molar-refractivity contribution in [3.63, 3.8) is 0 Å². The van der Waals surface area contributed by atoms with E-state index in [4.69, 9.17) is 0 Å². The molecule has 0 saturated carbocycles. The molecule has 0 unspecified atom stereocenters. The van der Waals surface area contributed by atoms with Crippen LogP contribution in [-0.2, 0) is 0 Å². The van der Waals surface area contributed by atoms with Crippen LogP contribution >= 0.6 is 0 Å². The Labute approximate surface area is 85.4 Å². The Kier molecular flexibility index (Phi) is 1.68. The second-order valence-corrected chi connectivity index (χ2v) is 3.14. The topological polar surface area (TPSA) is 56.0 Å². The summed E-state index contributed by atoms with van der Waals surface area (Å²) in [4.78, 5) is 0. The largest absolute Gasteiger partial charge is 0.200 e. The minimum Gasteiger partial charge on any atom is -0.155 e. The van der Waals surface area contributed by atoms with Gasteiger partial charge in [-0.1, -0.05) is 30.3 Å². The molecule has 3 aromatic rings.